The number of nitrogens with one attached hydrogen (secondary N) is 1. The molecule has 2 rings (SSSR count). The highest BCUT2D eigenvalue weighted by molar-refractivity contribution is 7.92. The molecule has 13 heteroatoms. The molecule has 0 saturated heterocycles. The number of methoxy groups -OCH3 is 1. The summed E-state index contributed by atoms with van der Waals surface area (Å²) in [6.07, 6.45) is -5.19. The van der Waals surface area contributed by atoms with E-state index in [1.54, 1.807) is 0 Å². The molecule has 0 bridgehead atoms. The van der Waals surface area contributed by atoms with Gasteiger partial charge in [-0.1, -0.05) is 0 Å². The summed E-state index contributed by atoms with van der Waals surface area (Å²) in [5, 5.41) is 20.6. The topological polar surface area (TPSA) is 128 Å². The molecule has 0 spiro atoms. The molecule has 0 radical (unpaired) electrons. The van der Waals surface area contributed by atoms with Crippen molar-refractivity contribution in [2.45, 2.75) is 11.3 Å². The van der Waals surface area contributed by atoms with Gasteiger partial charge in [0.1, 0.15) is 0 Å². The number of nitro benzene ring substituents is 1. The minimum absolute atomic E-state index is 0.0715. The minimum atomic E-state index is -5.19. The van der Waals surface area contributed by atoms with E-state index in [2.05, 4.69) is 4.74 Å². The number of rotatable bonds is 6. The van der Waals surface area contributed by atoms with Gasteiger partial charge in [-0.2, -0.15) is 0 Å². The highest BCUT2D eigenvalue weighted by atomic mass is 32.2. The summed E-state index contributed by atoms with van der Waals surface area (Å²) < 4.78 is 71.9. The fraction of sp³-hybridized carbons (Fsp3) is 0.143. The number of anilines is 1. The lowest BCUT2D eigenvalue weighted by Crippen LogP contribution is -2.18. The van der Waals surface area contributed by atoms with Gasteiger partial charge in [0.25, 0.3) is 10.0 Å². The number of hydrogen-bond donors (Lipinski definition) is 2. The Morgan fingerprint density at radius 1 is 1.15 bits per heavy atom. The Morgan fingerprint density at radius 3 is 2.30 bits per heavy atom. The number of alkyl halides is 3. The van der Waals surface area contributed by atoms with Gasteiger partial charge in [0, 0.05) is 12.1 Å². The van der Waals surface area contributed by atoms with Gasteiger partial charge in [0.05, 0.1) is 22.6 Å². The molecular weight excluding hydrogens is 397 g/mol. The molecule has 0 fully saturated rings. The van der Waals surface area contributed by atoms with Crippen LogP contribution >= 0.6 is 0 Å². The molecule has 0 aromatic heterocycles. The third-order valence-corrected chi connectivity index (χ3v) is 4.47. The van der Waals surface area contributed by atoms with E-state index < -0.39 is 37.6 Å². The first-order valence-corrected chi connectivity index (χ1v) is 8.35. The number of phenolic OH excluding ortho intramolecular Hbond substituents is 1. The highest BCUT2D eigenvalue weighted by Crippen LogP contribution is 2.35. The number of sulfonamides is 1. The van der Waals surface area contributed by atoms with E-state index in [9.17, 15) is 36.8 Å². The van der Waals surface area contributed by atoms with Gasteiger partial charge >= 0.3 is 12.0 Å². The predicted molar refractivity (Wildman–Crippen MR) is 85.2 cm³/mol. The molecule has 0 atom stereocenters. The van der Waals surface area contributed by atoms with Crippen molar-refractivity contribution in [1.82, 2.24) is 0 Å². The second-order valence-electron chi connectivity index (χ2n) is 4.93. The molecule has 2 N–H and O–H groups in total. The minimum Gasteiger partial charge on any atom is -0.504 e. The largest absolute Gasteiger partial charge is 0.573 e. The third-order valence-electron chi connectivity index (χ3n) is 3.09. The van der Waals surface area contributed by atoms with Crippen LogP contribution < -0.4 is 14.2 Å². The van der Waals surface area contributed by atoms with Gasteiger partial charge in [-0.05, 0) is 24.3 Å². The maximum Gasteiger partial charge on any atom is 0.573 e. The SMILES string of the molecule is COc1ccc(NS(=O)(=O)c2ccc(OC(F)(F)F)c([N+](=O)[O-])c2)cc1O. The Hall–Kier alpha value is -3.22. The number of nitrogens with zero attached hydrogens (tertiary/aromatic N) is 1. The molecule has 146 valence electrons. The monoisotopic (exact) mass is 408 g/mol. The lowest BCUT2D eigenvalue weighted by molar-refractivity contribution is -0.388. The zero-order valence-electron chi connectivity index (χ0n) is 13.4. The van der Waals surface area contributed by atoms with Crippen molar-refractivity contribution in [3.63, 3.8) is 0 Å². The van der Waals surface area contributed by atoms with Gasteiger partial charge in [0.15, 0.2) is 11.5 Å². The average molecular weight is 408 g/mol. The molecule has 2 aromatic carbocycles. The Balaban J connectivity index is 2.39. The lowest BCUT2D eigenvalue weighted by Gasteiger charge is -2.12. The number of aromatic hydroxyl groups is 1. The first-order chi connectivity index (χ1) is 12.4. The molecule has 0 amide bonds. The summed E-state index contributed by atoms with van der Waals surface area (Å²) in [5.41, 5.74) is -1.29. The third kappa shape index (κ3) is 4.91. The zero-order chi connectivity index (χ0) is 20.4. The molecule has 0 heterocycles. The summed E-state index contributed by atoms with van der Waals surface area (Å²) in [7, 11) is -3.13. The Kier molecular flexibility index (Phi) is 5.35. The van der Waals surface area contributed by atoms with Crippen molar-refractivity contribution in [2.24, 2.45) is 0 Å². The van der Waals surface area contributed by atoms with Crippen LogP contribution in [-0.4, -0.2) is 31.9 Å². The van der Waals surface area contributed by atoms with E-state index >= 15 is 0 Å². The van der Waals surface area contributed by atoms with Crippen LogP contribution in [-0.2, 0) is 10.0 Å². The van der Waals surface area contributed by atoms with Gasteiger partial charge in [-0.3, -0.25) is 14.8 Å². The maximum absolute atomic E-state index is 12.3. The van der Waals surface area contributed by atoms with Crippen molar-refractivity contribution >= 4 is 21.4 Å². The van der Waals surface area contributed by atoms with E-state index in [-0.39, 0.29) is 17.2 Å². The van der Waals surface area contributed by atoms with E-state index in [4.69, 9.17) is 4.74 Å². The van der Waals surface area contributed by atoms with E-state index in [1.807, 2.05) is 4.72 Å². The smallest absolute Gasteiger partial charge is 0.504 e. The molecule has 0 saturated carbocycles. The average Bonchev–Trinajstić information content (AvgIpc) is 2.53. The van der Waals surface area contributed by atoms with Gasteiger partial charge < -0.3 is 14.6 Å². The van der Waals surface area contributed by atoms with Crippen LogP contribution in [0.15, 0.2) is 41.3 Å². The standard InChI is InChI=1S/C14H11F3N2O7S/c1-25-13-4-2-8(6-11(13)20)18-27(23,24)9-3-5-12(26-14(15,16)17)10(7-9)19(21)22/h2-7,18,20H,1H3. The van der Waals surface area contributed by atoms with Crippen molar-refractivity contribution in [3.05, 3.63) is 46.5 Å². The van der Waals surface area contributed by atoms with E-state index in [1.165, 1.54) is 19.2 Å². The molecule has 2 aromatic rings. The zero-order valence-corrected chi connectivity index (χ0v) is 14.2. The van der Waals surface area contributed by atoms with Crippen molar-refractivity contribution < 1.29 is 41.1 Å². The number of nitro groups is 1. The molecular formula is C14H11F3N2O7S. The number of benzene rings is 2. The first kappa shape index (κ1) is 20.1. The van der Waals surface area contributed by atoms with Crippen LogP contribution in [0.5, 0.6) is 17.2 Å². The van der Waals surface area contributed by atoms with Crippen LogP contribution in [0.4, 0.5) is 24.5 Å². The summed E-state index contributed by atoms with van der Waals surface area (Å²) in [6.45, 7) is 0. The highest BCUT2D eigenvalue weighted by Gasteiger charge is 2.35. The number of halogens is 3. The quantitative estimate of drug-likeness (QED) is 0.555. The van der Waals surface area contributed by atoms with Crippen LogP contribution in [0.1, 0.15) is 0 Å². The maximum atomic E-state index is 12.3. The Morgan fingerprint density at radius 2 is 1.78 bits per heavy atom. The van der Waals surface area contributed by atoms with Crippen LogP contribution in [0, 0.1) is 10.1 Å². The summed E-state index contributed by atoms with van der Waals surface area (Å²) in [5.74, 6) is -1.46. The van der Waals surface area contributed by atoms with Gasteiger partial charge in [-0.25, -0.2) is 8.42 Å². The number of phenols is 1. The van der Waals surface area contributed by atoms with E-state index in [0.717, 1.165) is 6.07 Å². The fourth-order valence-electron chi connectivity index (χ4n) is 1.99. The second-order valence-corrected chi connectivity index (χ2v) is 6.61. The first-order valence-electron chi connectivity index (χ1n) is 6.87. The molecule has 0 aliphatic heterocycles. The molecule has 0 unspecified atom stereocenters. The fourth-order valence-corrected chi connectivity index (χ4v) is 3.05. The molecule has 0 aliphatic rings. The normalized spacial score (nSPS) is 11.7. The van der Waals surface area contributed by atoms with Crippen LogP contribution in [0.25, 0.3) is 0 Å². The molecule has 0 aliphatic carbocycles. The Labute approximate surface area is 150 Å². The molecule has 27 heavy (non-hydrogen) atoms. The van der Waals surface area contributed by atoms with Crippen molar-refractivity contribution in [1.29, 1.82) is 0 Å². The second kappa shape index (κ2) is 7.19. The van der Waals surface area contributed by atoms with Crippen LogP contribution in [0.2, 0.25) is 0 Å². The van der Waals surface area contributed by atoms with Gasteiger partial charge in [-0.15, -0.1) is 13.2 Å². The summed E-state index contributed by atoms with van der Waals surface area (Å²) >= 11 is 0. The number of hydrogen-bond acceptors (Lipinski definition) is 7. The van der Waals surface area contributed by atoms with E-state index in [0.29, 0.717) is 18.2 Å². The summed E-state index contributed by atoms with van der Waals surface area (Å²) in [6, 6.07) is 5.17. The molecule has 9 nitrogen and oxygen atoms in total. The van der Waals surface area contributed by atoms with Crippen molar-refractivity contribution in [3.8, 4) is 17.2 Å². The van der Waals surface area contributed by atoms with Gasteiger partial charge in [0.2, 0.25) is 5.75 Å². The lowest BCUT2D eigenvalue weighted by atomic mass is 10.3. The predicted octanol–water partition coefficient (Wildman–Crippen LogP) is 3.01. The van der Waals surface area contributed by atoms with Crippen LogP contribution in [0.3, 0.4) is 0 Å². The van der Waals surface area contributed by atoms with Crippen molar-refractivity contribution in [2.75, 3.05) is 11.8 Å². The summed E-state index contributed by atoms with van der Waals surface area (Å²) in [4.78, 5) is 9.07. The number of ether oxygens (including phenoxy) is 2. The Bertz CT molecular complexity index is 977.